The third-order valence-corrected chi connectivity index (χ3v) is 7.13. The molecule has 1 aliphatic rings. The Hall–Kier alpha value is -2.71. The number of aryl methyl sites for hydroxylation is 1. The van der Waals surface area contributed by atoms with Crippen molar-refractivity contribution in [1.29, 1.82) is 0 Å². The molecule has 0 spiro atoms. The quantitative estimate of drug-likeness (QED) is 0.712. The molecule has 2 aromatic rings. The van der Waals surface area contributed by atoms with Crippen LogP contribution in [0.1, 0.15) is 51.1 Å². The molecule has 3 rings (SSSR count). The predicted molar refractivity (Wildman–Crippen MR) is 113 cm³/mol. The molecular formula is C22H26N2O5S. The highest BCUT2D eigenvalue weighted by Gasteiger charge is 2.27. The summed E-state index contributed by atoms with van der Waals surface area (Å²) < 4.78 is 32.0. The van der Waals surface area contributed by atoms with Crippen LogP contribution in [0.4, 0.5) is 0 Å². The van der Waals surface area contributed by atoms with Crippen LogP contribution in [-0.4, -0.2) is 44.8 Å². The Morgan fingerprint density at radius 3 is 2.33 bits per heavy atom. The van der Waals surface area contributed by atoms with E-state index < -0.39 is 16.0 Å². The molecule has 0 atom stereocenters. The minimum absolute atomic E-state index is 0.141. The number of methoxy groups -OCH3 is 1. The summed E-state index contributed by atoms with van der Waals surface area (Å²) in [5, 5.41) is 2.81. The van der Waals surface area contributed by atoms with Crippen molar-refractivity contribution in [3.8, 4) is 0 Å². The number of amides is 1. The summed E-state index contributed by atoms with van der Waals surface area (Å²) in [6.45, 7) is 3.05. The van der Waals surface area contributed by atoms with E-state index >= 15 is 0 Å². The lowest BCUT2D eigenvalue weighted by Crippen LogP contribution is -2.35. The van der Waals surface area contributed by atoms with Gasteiger partial charge in [0.1, 0.15) is 0 Å². The first-order valence-corrected chi connectivity index (χ1v) is 11.3. The first-order valence-electron chi connectivity index (χ1n) is 9.89. The SMILES string of the molecule is COC(=O)c1ccc(CNC(=O)c2cc(S(=O)(=O)N3CCCCC3)ccc2C)cc1. The van der Waals surface area contributed by atoms with Crippen molar-refractivity contribution in [2.24, 2.45) is 0 Å². The first kappa shape index (κ1) is 22.0. The summed E-state index contributed by atoms with van der Waals surface area (Å²) >= 11 is 0. The summed E-state index contributed by atoms with van der Waals surface area (Å²) in [4.78, 5) is 24.4. The molecule has 0 aliphatic carbocycles. The number of ether oxygens (including phenoxy) is 1. The Balaban J connectivity index is 1.73. The van der Waals surface area contributed by atoms with E-state index in [1.165, 1.54) is 17.5 Å². The molecule has 7 nitrogen and oxygen atoms in total. The fourth-order valence-corrected chi connectivity index (χ4v) is 4.96. The molecule has 2 aromatic carbocycles. The van der Waals surface area contributed by atoms with Crippen LogP contribution in [0.25, 0.3) is 0 Å². The van der Waals surface area contributed by atoms with E-state index in [9.17, 15) is 18.0 Å². The van der Waals surface area contributed by atoms with Crippen molar-refractivity contribution in [3.63, 3.8) is 0 Å². The van der Waals surface area contributed by atoms with Crippen LogP contribution in [0, 0.1) is 6.92 Å². The maximum absolute atomic E-state index is 12.9. The summed E-state index contributed by atoms with van der Waals surface area (Å²) in [5.74, 6) is -0.770. The average Bonchev–Trinajstić information content (AvgIpc) is 2.78. The van der Waals surface area contributed by atoms with Gasteiger partial charge in [-0.1, -0.05) is 24.6 Å². The average molecular weight is 431 g/mol. The van der Waals surface area contributed by atoms with Crippen LogP contribution < -0.4 is 5.32 Å². The number of esters is 1. The highest BCUT2D eigenvalue weighted by Crippen LogP contribution is 2.23. The highest BCUT2D eigenvalue weighted by molar-refractivity contribution is 7.89. The molecule has 0 radical (unpaired) electrons. The first-order chi connectivity index (χ1) is 14.3. The van der Waals surface area contributed by atoms with E-state index in [0.717, 1.165) is 24.8 Å². The Kier molecular flexibility index (Phi) is 6.89. The predicted octanol–water partition coefficient (Wildman–Crippen LogP) is 2.89. The summed E-state index contributed by atoms with van der Waals surface area (Å²) in [7, 11) is -2.29. The van der Waals surface area contributed by atoms with Gasteiger partial charge in [0.2, 0.25) is 10.0 Å². The van der Waals surface area contributed by atoms with Gasteiger partial charge in [-0.3, -0.25) is 4.79 Å². The molecule has 0 bridgehead atoms. The number of hydrogen-bond donors (Lipinski definition) is 1. The number of carbonyl (C=O) groups excluding carboxylic acids is 2. The van der Waals surface area contributed by atoms with Crippen LogP contribution in [0.15, 0.2) is 47.4 Å². The molecular weight excluding hydrogens is 404 g/mol. The van der Waals surface area contributed by atoms with Crippen molar-refractivity contribution < 1.29 is 22.7 Å². The maximum Gasteiger partial charge on any atom is 0.337 e. The van der Waals surface area contributed by atoms with Gasteiger partial charge in [0.25, 0.3) is 5.91 Å². The molecule has 1 fully saturated rings. The normalized spacial score (nSPS) is 14.9. The Morgan fingerprint density at radius 2 is 1.70 bits per heavy atom. The van der Waals surface area contributed by atoms with Gasteiger partial charge in [-0.05, 0) is 55.2 Å². The highest BCUT2D eigenvalue weighted by atomic mass is 32.2. The van der Waals surface area contributed by atoms with Crippen molar-refractivity contribution in [1.82, 2.24) is 9.62 Å². The molecule has 0 aromatic heterocycles. The minimum Gasteiger partial charge on any atom is -0.465 e. The topological polar surface area (TPSA) is 92.8 Å². The largest absolute Gasteiger partial charge is 0.465 e. The third kappa shape index (κ3) is 4.88. The van der Waals surface area contributed by atoms with E-state index in [1.807, 2.05) is 0 Å². The second-order valence-electron chi connectivity index (χ2n) is 7.31. The number of hydrogen-bond acceptors (Lipinski definition) is 5. The molecule has 1 heterocycles. The van der Waals surface area contributed by atoms with E-state index in [2.05, 4.69) is 10.1 Å². The van der Waals surface area contributed by atoms with Gasteiger partial charge < -0.3 is 10.1 Å². The van der Waals surface area contributed by atoms with Gasteiger partial charge in [0.15, 0.2) is 0 Å². The zero-order valence-electron chi connectivity index (χ0n) is 17.2. The lowest BCUT2D eigenvalue weighted by molar-refractivity contribution is 0.0600. The fraction of sp³-hybridized carbons (Fsp3) is 0.364. The van der Waals surface area contributed by atoms with Gasteiger partial charge in [-0.15, -0.1) is 0 Å². The zero-order valence-corrected chi connectivity index (χ0v) is 18.0. The van der Waals surface area contributed by atoms with Gasteiger partial charge >= 0.3 is 5.97 Å². The van der Waals surface area contributed by atoms with Crippen molar-refractivity contribution in [3.05, 3.63) is 64.7 Å². The monoisotopic (exact) mass is 430 g/mol. The fourth-order valence-electron chi connectivity index (χ4n) is 3.41. The van der Waals surface area contributed by atoms with E-state index in [1.54, 1.807) is 43.3 Å². The molecule has 0 unspecified atom stereocenters. The lowest BCUT2D eigenvalue weighted by Gasteiger charge is -2.26. The number of nitrogens with one attached hydrogen (secondary N) is 1. The molecule has 1 amide bonds. The zero-order chi connectivity index (χ0) is 21.7. The van der Waals surface area contributed by atoms with Gasteiger partial charge in [-0.2, -0.15) is 4.31 Å². The van der Waals surface area contributed by atoms with Crippen molar-refractivity contribution in [2.75, 3.05) is 20.2 Å². The smallest absolute Gasteiger partial charge is 0.337 e. The van der Waals surface area contributed by atoms with Crippen molar-refractivity contribution >= 4 is 21.9 Å². The molecule has 0 saturated carbocycles. The molecule has 1 saturated heterocycles. The van der Waals surface area contributed by atoms with E-state index in [0.29, 0.717) is 29.8 Å². The van der Waals surface area contributed by atoms with Crippen LogP contribution in [-0.2, 0) is 21.3 Å². The van der Waals surface area contributed by atoms with Crippen LogP contribution in [0.3, 0.4) is 0 Å². The number of piperidine rings is 1. The summed E-state index contributed by atoms with van der Waals surface area (Å²) in [6, 6.07) is 11.4. The Morgan fingerprint density at radius 1 is 1.03 bits per heavy atom. The molecule has 30 heavy (non-hydrogen) atoms. The third-order valence-electron chi connectivity index (χ3n) is 5.23. The number of sulfonamides is 1. The van der Waals surface area contributed by atoms with Crippen LogP contribution in [0.5, 0.6) is 0 Å². The molecule has 1 N–H and O–H groups in total. The standard InChI is InChI=1S/C22H26N2O5S/c1-16-6-11-19(30(27,28)24-12-4-3-5-13-24)14-20(16)21(25)23-15-17-7-9-18(10-8-17)22(26)29-2/h6-11,14H,3-5,12-13,15H2,1-2H3,(H,23,25). The van der Waals surface area contributed by atoms with Crippen molar-refractivity contribution in [2.45, 2.75) is 37.6 Å². The van der Waals surface area contributed by atoms with Gasteiger partial charge in [0, 0.05) is 25.2 Å². The second kappa shape index (κ2) is 9.40. The molecule has 160 valence electrons. The van der Waals surface area contributed by atoms with E-state index in [4.69, 9.17) is 0 Å². The second-order valence-corrected chi connectivity index (χ2v) is 9.25. The molecule has 1 aliphatic heterocycles. The number of benzene rings is 2. The molecule has 8 heteroatoms. The number of nitrogens with zero attached hydrogens (tertiary/aromatic N) is 1. The van der Waals surface area contributed by atoms with Crippen LogP contribution in [0.2, 0.25) is 0 Å². The van der Waals surface area contributed by atoms with Gasteiger partial charge in [0.05, 0.1) is 17.6 Å². The van der Waals surface area contributed by atoms with E-state index in [-0.39, 0.29) is 17.3 Å². The Bertz CT molecular complexity index is 1030. The van der Waals surface area contributed by atoms with Crippen LogP contribution >= 0.6 is 0 Å². The summed E-state index contributed by atoms with van der Waals surface area (Å²) in [6.07, 6.45) is 2.74. The number of carbonyl (C=O) groups is 2. The number of rotatable bonds is 6. The van der Waals surface area contributed by atoms with Gasteiger partial charge in [-0.25, -0.2) is 13.2 Å². The maximum atomic E-state index is 12.9. The Labute approximate surface area is 177 Å². The lowest BCUT2D eigenvalue weighted by atomic mass is 10.1. The minimum atomic E-state index is -3.61. The summed E-state index contributed by atoms with van der Waals surface area (Å²) in [5.41, 5.74) is 2.27.